The van der Waals surface area contributed by atoms with Crippen molar-refractivity contribution in [2.45, 2.75) is 6.92 Å². The number of aromatic nitrogens is 8. The fourth-order valence-corrected chi connectivity index (χ4v) is 6.49. The Balaban J connectivity index is 0.000000922. The minimum atomic E-state index is -0.833. The van der Waals surface area contributed by atoms with E-state index >= 15 is 0 Å². The van der Waals surface area contributed by atoms with Crippen LogP contribution in [0.4, 0.5) is 0 Å². The number of hydrogen-bond acceptors (Lipinski definition) is 7. The highest BCUT2D eigenvalue weighted by Gasteiger charge is 2.18. The molecule has 10 heteroatoms. The summed E-state index contributed by atoms with van der Waals surface area (Å²) >= 11 is 0. The van der Waals surface area contributed by atoms with E-state index in [1.807, 2.05) is 98.1 Å². The van der Waals surface area contributed by atoms with Crippen molar-refractivity contribution in [2.24, 2.45) is 0 Å². The number of hydrogen-bond donors (Lipinski definition) is 3. The molecule has 2 aliphatic heterocycles. The van der Waals surface area contributed by atoms with Crippen molar-refractivity contribution in [2.75, 3.05) is 0 Å². The summed E-state index contributed by atoms with van der Waals surface area (Å²) < 4.78 is 0. The van der Waals surface area contributed by atoms with Gasteiger partial charge in [-0.2, -0.15) is 0 Å². The maximum absolute atomic E-state index is 9.00. The molecular weight excluding hydrogens is 649 g/mol. The summed E-state index contributed by atoms with van der Waals surface area (Å²) in [6.45, 7) is 1.08. The molecule has 0 fully saturated rings. The number of aliphatic carboxylic acids is 1. The largest absolute Gasteiger partial charge is 0.481 e. The molecule has 7 aromatic rings. The smallest absolute Gasteiger partial charge is 0.300 e. The first-order valence-corrected chi connectivity index (χ1v) is 16.5. The zero-order chi connectivity index (χ0) is 35.4. The van der Waals surface area contributed by atoms with Crippen molar-refractivity contribution in [1.82, 2.24) is 39.9 Å². The average molecular weight is 679 g/mol. The summed E-state index contributed by atoms with van der Waals surface area (Å²) in [5.41, 5.74) is 15.0. The van der Waals surface area contributed by atoms with Crippen LogP contribution in [0.25, 0.3) is 90.9 Å². The average Bonchev–Trinajstić information content (AvgIpc) is 4.01. The maximum Gasteiger partial charge on any atom is 0.300 e. The van der Waals surface area contributed by atoms with Crippen molar-refractivity contribution >= 4 is 52.3 Å². The van der Waals surface area contributed by atoms with Crippen molar-refractivity contribution in [3.8, 4) is 44.5 Å². The van der Waals surface area contributed by atoms with E-state index in [1.165, 1.54) is 0 Å². The van der Waals surface area contributed by atoms with Gasteiger partial charge in [0, 0.05) is 101 Å². The summed E-state index contributed by atoms with van der Waals surface area (Å²) in [7, 11) is 0. The molecule has 2 aliphatic rings. The van der Waals surface area contributed by atoms with Gasteiger partial charge in [-0.1, -0.05) is 0 Å². The van der Waals surface area contributed by atoms with Crippen LogP contribution < -0.4 is 0 Å². The Kier molecular flexibility index (Phi) is 8.52. The SMILES string of the molecule is C1=Cc2nc1c(-c1ccncc1)c1ccc([nH]1)c(-c1ccncc1)c1nc(c(-c3ccncc3)c3ccc([nH]3)c2-c2ccncc2)C=C1.CC(=O)O. The lowest BCUT2D eigenvalue weighted by Crippen LogP contribution is -1.90. The normalized spacial score (nSPS) is 11.6. The number of carboxylic acids is 1. The molecule has 0 unspecified atom stereocenters. The van der Waals surface area contributed by atoms with Gasteiger partial charge in [0.15, 0.2) is 0 Å². The molecule has 9 rings (SSSR count). The first-order valence-electron chi connectivity index (χ1n) is 16.5. The molecule has 52 heavy (non-hydrogen) atoms. The number of H-pyrrole nitrogens is 2. The van der Waals surface area contributed by atoms with E-state index in [2.05, 4.69) is 78.5 Å². The molecule has 9 heterocycles. The van der Waals surface area contributed by atoms with Gasteiger partial charge in [0.25, 0.3) is 5.97 Å². The highest BCUT2D eigenvalue weighted by Crippen LogP contribution is 2.37. The first-order chi connectivity index (χ1) is 25.5. The summed E-state index contributed by atoms with van der Waals surface area (Å²) in [6, 6.07) is 24.6. The van der Waals surface area contributed by atoms with Crippen LogP contribution in [-0.2, 0) is 4.79 Å². The Bertz CT molecular complexity index is 2300. The molecule has 3 N–H and O–H groups in total. The number of rotatable bonds is 4. The Morgan fingerprint density at radius 2 is 0.635 bits per heavy atom. The number of nitrogens with zero attached hydrogens (tertiary/aromatic N) is 6. The Hall–Kier alpha value is -7.33. The van der Waals surface area contributed by atoms with Crippen LogP contribution >= 0.6 is 0 Å². The number of carboxylic acid groups (broad SMARTS) is 1. The molecule has 0 aromatic carbocycles. The molecule has 0 amide bonds. The van der Waals surface area contributed by atoms with Gasteiger partial charge in [-0.15, -0.1) is 0 Å². The molecule has 0 spiro atoms. The standard InChI is InChI=1S/C40H26N8.C2H4O2/c1-2-30-38(26-11-19-42-20-12-26)32-5-6-34(47-32)40(28-15-23-44-24-16-28)36-8-7-35(48-36)39(27-13-21-43-22-14-27)33-4-3-31(46-33)37(29(1)45-30)25-9-17-41-18-10-25;1-2(3)4/h1-24,45,48H;1H3,(H,3,4). The van der Waals surface area contributed by atoms with E-state index in [4.69, 9.17) is 19.9 Å². The van der Waals surface area contributed by atoms with E-state index in [-0.39, 0.29) is 0 Å². The molecule has 0 saturated heterocycles. The molecule has 0 radical (unpaired) electrons. The third-order valence-corrected chi connectivity index (χ3v) is 8.63. The Labute approximate surface area is 298 Å². The summed E-state index contributed by atoms with van der Waals surface area (Å²) in [5, 5.41) is 7.42. The lowest BCUT2D eigenvalue weighted by Gasteiger charge is -2.06. The van der Waals surface area contributed by atoms with Crippen LogP contribution in [0.5, 0.6) is 0 Å². The minimum Gasteiger partial charge on any atom is -0.481 e. The van der Waals surface area contributed by atoms with E-state index in [0.717, 1.165) is 96.3 Å². The van der Waals surface area contributed by atoms with Crippen molar-refractivity contribution in [3.05, 3.63) is 145 Å². The van der Waals surface area contributed by atoms with Crippen LogP contribution in [0.15, 0.2) is 122 Å². The van der Waals surface area contributed by atoms with Crippen molar-refractivity contribution in [3.63, 3.8) is 0 Å². The molecule has 10 nitrogen and oxygen atoms in total. The van der Waals surface area contributed by atoms with Crippen LogP contribution in [0.3, 0.4) is 0 Å². The second-order valence-corrected chi connectivity index (χ2v) is 12.0. The summed E-state index contributed by atoms with van der Waals surface area (Å²) in [6.07, 6.45) is 22.8. The van der Waals surface area contributed by atoms with Gasteiger partial charge in [-0.25, -0.2) is 9.97 Å². The third kappa shape index (κ3) is 6.27. The number of pyridine rings is 4. The van der Waals surface area contributed by atoms with Gasteiger partial charge in [0.1, 0.15) is 0 Å². The highest BCUT2D eigenvalue weighted by molar-refractivity contribution is 5.99. The lowest BCUT2D eigenvalue weighted by molar-refractivity contribution is -0.134. The Morgan fingerprint density at radius 3 is 0.846 bits per heavy atom. The highest BCUT2D eigenvalue weighted by atomic mass is 16.4. The molecule has 0 saturated carbocycles. The predicted octanol–water partition coefficient (Wildman–Crippen LogP) is 8.99. The van der Waals surface area contributed by atoms with E-state index in [1.54, 1.807) is 0 Å². The molecule has 7 aromatic heterocycles. The third-order valence-electron chi connectivity index (χ3n) is 8.63. The van der Waals surface area contributed by atoms with Crippen LogP contribution in [-0.4, -0.2) is 50.9 Å². The number of aromatic amines is 2. The monoisotopic (exact) mass is 678 g/mol. The lowest BCUT2D eigenvalue weighted by atomic mass is 10.1. The van der Waals surface area contributed by atoms with E-state index in [0.29, 0.717) is 0 Å². The molecule has 250 valence electrons. The first kappa shape index (κ1) is 31.9. The Morgan fingerprint density at radius 1 is 0.423 bits per heavy atom. The van der Waals surface area contributed by atoms with Crippen LogP contribution in [0, 0.1) is 0 Å². The molecule has 8 bridgehead atoms. The zero-order valence-corrected chi connectivity index (χ0v) is 27.9. The second-order valence-electron chi connectivity index (χ2n) is 12.0. The fraction of sp³-hybridized carbons (Fsp3) is 0.0238. The van der Waals surface area contributed by atoms with Crippen molar-refractivity contribution < 1.29 is 9.90 Å². The molecule has 0 atom stereocenters. The molecule has 0 aliphatic carbocycles. The van der Waals surface area contributed by atoms with Gasteiger partial charge < -0.3 is 15.1 Å². The minimum absolute atomic E-state index is 0.833. The quantitative estimate of drug-likeness (QED) is 0.167. The fourth-order valence-electron chi connectivity index (χ4n) is 6.49. The summed E-state index contributed by atoms with van der Waals surface area (Å²) in [5.74, 6) is -0.833. The van der Waals surface area contributed by atoms with Gasteiger partial charge >= 0.3 is 0 Å². The number of fused-ring (bicyclic) bond motifs is 8. The van der Waals surface area contributed by atoms with E-state index in [9.17, 15) is 0 Å². The van der Waals surface area contributed by atoms with Gasteiger partial charge in [-0.05, 0) is 119 Å². The predicted molar refractivity (Wildman–Crippen MR) is 205 cm³/mol. The maximum atomic E-state index is 9.00. The number of nitrogens with one attached hydrogen (secondary N) is 2. The van der Waals surface area contributed by atoms with E-state index < -0.39 is 5.97 Å². The summed E-state index contributed by atoms with van der Waals surface area (Å²) in [4.78, 5) is 44.2. The topological polar surface area (TPSA) is 146 Å². The van der Waals surface area contributed by atoms with Crippen LogP contribution in [0.1, 0.15) is 29.7 Å². The number of carbonyl (C=O) groups is 1. The second kappa shape index (κ2) is 13.9. The van der Waals surface area contributed by atoms with Crippen molar-refractivity contribution in [1.29, 1.82) is 0 Å². The van der Waals surface area contributed by atoms with Gasteiger partial charge in [-0.3, -0.25) is 24.7 Å². The zero-order valence-electron chi connectivity index (χ0n) is 27.9. The van der Waals surface area contributed by atoms with Gasteiger partial charge in [0.05, 0.1) is 22.8 Å². The van der Waals surface area contributed by atoms with Gasteiger partial charge in [0.2, 0.25) is 0 Å². The molecular formula is C42H30N8O2. The van der Waals surface area contributed by atoms with Crippen LogP contribution in [0.2, 0.25) is 0 Å².